The van der Waals surface area contributed by atoms with Gasteiger partial charge in [-0.15, -0.1) is 0 Å². The van der Waals surface area contributed by atoms with Gasteiger partial charge < -0.3 is 14.2 Å². The lowest BCUT2D eigenvalue weighted by Gasteiger charge is -2.00. The molecule has 0 saturated carbocycles. The van der Waals surface area contributed by atoms with Crippen molar-refractivity contribution in [2.75, 3.05) is 19.8 Å². The first-order valence-corrected chi connectivity index (χ1v) is 6.70. The predicted molar refractivity (Wildman–Crippen MR) is 82.6 cm³/mol. The molecule has 1 atom stereocenters. The smallest absolute Gasteiger partial charge is 0.333 e. The summed E-state index contributed by atoms with van der Waals surface area (Å²) >= 11 is 4.76. The van der Waals surface area contributed by atoms with Crippen LogP contribution in [0, 0.1) is 5.92 Å². The third-order valence-corrected chi connectivity index (χ3v) is 1.70. The zero-order valence-corrected chi connectivity index (χ0v) is 13.3. The van der Waals surface area contributed by atoms with Crippen molar-refractivity contribution in [2.45, 2.75) is 26.9 Å². The summed E-state index contributed by atoms with van der Waals surface area (Å²) in [4.78, 5) is 10.7. The Bertz CT molecular complexity index is 296. The van der Waals surface area contributed by atoms with E-state index in [1.54, 1.807) is 6.92 Å². The summed E-state index contributed by atoms with van der Waals surface area (Å²) in [7, 11) is 0. The number of rotatable bonds is 6. The van der Waals surface area contributed by atoms with E-state index < -0.39 is 0 Å². The molecule has 1 aliphatic heterocycles. The van der Waals surface area contributed by atoms with Gasteiger partial charge in [0.25, 0.3) is 0 Å². The number of halogens is 1. The summed E-state index contributed by atoms with van der Waals surface area (Å²) in [5, 5.41) is 0. The van der Waals surface area contributed by atoms with Crippen LogP contribution < -0.4 is 0 Å². The molecule has 0 amide bonds. The van der Waals surface area contributed by atoms with E-state index in [1.807, 2.05) is 0 Å². The highest BCUT2D eigenvalue weighted by atomic mass is 35.5. The van der Waals surface area contributed by atoms with E-state index in [0.29, 0.717) is 24.7 Å². The first kappa shape index (κ1) is 21.0. The molecule has 0 bridgehead atoms. The molecule has 1 aliphatic rings. The normalized spacial score (nSPS) is 14.8. The molecule has 4 nitrogen and oxygen atoms in total. The van der Waals surface area contributed by atoms with Crippen molar-refractivity contribution in [3.63, 3.8) is 0 Å². The topological polar surface area (TPSA) is 48.1 Å². The zero-order chi connectivity index (χ0) is 16.0. The largest absolute Gasteiger partial charge is 0.502 e. The van der Waals surface area contributed by atoms with Crippen LogP contribution in [-0.4, -0.2) is 31.9 Å². The lowest BCUT2D eigenvalue weighted by molar-refractivity contribution is -0.139. The van der Waals surface area contributed by atoms with Gasteiger partial charge in [0, 0.05) is 5.57 Å². The second-order valence-electron chi connectivity index (χ2n) is 4.38. The summed E-state index contributed by atoms with van der Waals surface area (Å²) < 4.78 is 14.5. The Morgan fingerprint density at radius 2 is 2.00 bits per heavy atom. The lowest BCUT2D eigenvalue weighted by Crippen LogP contribution is -2.09. The van der Waals surface area contributed by atoms with Crippen LogP contribution in [-0.2, 0) is 19.0 Å². The average molecular weight is 305 g/mol. The summed E-state index contributed by atoms with van der Waals surface area (Å²) in [5.74, 6) is 0.272. The van der Waals surface area contributed by atoms with Gasteiger partial charge in [-0.25, -0.2) is 4.79 Å². The number of ether oxygens (including phenoxy) is 3. The molecule has 1 unspecified atom stereocenters. The maximum absolute atomic E-state index is 10.7. The van der Waals surface area contributed by atoms with Crippen molar-refractivity contribution in [3.8, 4) is 0 Å². The number of hydrogen-bond donors (Lipinski definition) is 0. The van der Waals surface area contributed by atoms with E-state index >= 15 is 0 Å². The number of esters is 1. The third kappa shape index (κ3) is 19.1. The minimum atomic E-state index is -0.337. The fraction of sp³-hybridized carbons (Fsp3) is 0.533. The Morgan fingerprint density at radius 3 is 2.25 bits per heavy atom. The van der Waals surface area contributed by atoms with Gasteiger partial charge in [0.15, 0.2) is 0 Å². The molecule has 0 aromatic rings. The second kappa shape index (κ2) is 14.2. The van der Waals surface area contributed by atoms with Crippen LogP contribution in [0.25, 0.3) is 0 Å². The van der Waals surface area contributed by atoms with Crippen LogP contribution in [0.15, 0.2) is 37.1 Å². The van der Waals surface area contributed by atoms with Crippen molar-refractivity contribution in [1.82, 2.24) is 0 Å². The average Bonchev–Trinajstić information content (AvgIpc) is 3.19. The molecule has 1 fully saturated rings. The minimum Gasteiger partial charge on any atom is -0.502 e. The van der Waals surface area contributed by atoms with Gasteiger partial charge in [0.05, 0.1) is 19.5 Å². The maximum Gasteiger partial charge on any atom is 0.333 e. The highest BCUT2D eigenvalue weighted by Crippen LogP contribution is 2.09. The van der Waals surface area contributed by atoms with E-state index in [9.17, 15) is 4.79 Å². The predicted octanol–water partition coefficient (Wildman–Crippen LogP) is 3.68. The standard InChI is InChI=1S/C7H10O3.C6H12O.C2H3Cl/c1-5(2)7(8)10-4-6-3-9-6;1-4-7-5-6(2)3;1-2-3/h6H,1,3-4H2,2H3;4,6H,1,5H2,2-3H3;2H,1H2. The van der Waals surface area contributed by atoms with Crippen molar-refractivity contribution in [1.29, 1.82) is 0 Å². The number of carbonyl (C=O) groups excluding carboxylic acids is 1. The molecular weight excluding hydrogens is 280 g/mol. The molecule has 20 heavy (non-hydrogen) atoms. The van der Waals surface area contributed by atoms with Gasteiger partial charge in [-0.1, -0.05) is 45.2 Å². The molecule has 0 aromatic carbocycles. The molecule has 0 spiro atoms. The maximum atomic E-state index is 10.7. The molecule has 5 heteroatoms. The van der Waals surface area contributed by atoms with Crippen LogP contribution >= 0.6 is 11.6 Å². The van der Waals surface area contributed by atoms with Crippen LogP contribution in [0.3, 0.4) is 0 Å². The monoisotopic (exact) mass is 304 g/mol. The molecular formula is C15H25ClO4. The van der Waals surface area contributed by atoms with Crippen molar-refractivity contribution in [3.05, 3.63) is 37.1 Å². The first-order valence-electron chi connectivity index (χ1n) is 6.26. The Labute approximate surface area is 127 Å². The zero-order valence-electron chi connectivity index (χ0n) is 12.6. The summed E-state index contributed by atoms with van der Waals surface area (Å²) in [6.45, 7) is 17.7. The van der Waals surface area contributed by atoms with Crippen LogP contribution in [0.4, 0.5) is 0 Å². The van der Waals surface area contributed by atoms with Crippen molar-refractivity contribution in [2.24, 2.45) is 5.92 Å². The third-order valence-electron chi connectivity index (χ3n) is 1.70. The lowest BCUT2D eigenvalue weighted by atomic mass is 10.2. The molecule has 1 saturated heterocycles. The Kier molecular flexibility index (Phi) is 14.9. The summed E-state index contributed by atoms with van der Waals surface area (Å²) in [6, 6.07) is 0. The van der Waals surface area contributed by atoms with Gasteiger partial charge in [-0.3, -0.25) is 0 Å². The van der Waals surface area contributed by atoms with Gasteiger partial charge >= 0.3 is 5.97 Å². The second-order valence-corrected chi connectivity index (χ2v) is 4.69. The van der Waals surface area contributed by atoms with E-state index in [1.165, 1.54) is 11.8 Å². The minimum absolute atomic E-state index is 0.142. The quantitative estimate of drug-likeness (QED) is 0.325. The van der Waals surface area contributed by atoms with Crippen LogP contribution in [0.5, 0.6) is 0 Å². The van der Waals surface area contributed by atoms with E-state index in [2.05, 4.69) is 33.6 Å². The SMILES string of the molecule is C=C(C)C(=O)OCC1CO1.C=CCl.C=COCC(C)C. The van der Waals surface area contributed by atoms with E-state index in [4.69, 9.17) is 25.8 Å². The summed E-state index contributed by atoms with van der Waals surface area (Å²) in [6.07, 6.45) is 1.61. The molecule has 0 radical (unpaired) electrons. The van der Waals surface area contributed by atoms with E-state index in [0.717, 1.165) is 6.61 Å². The highest BCUT2D eigenvalue weighted by Gasteiger charge is 2.24. The molecule has 0 N–H and O–H groups in total. The fourth-order valence-corrected chi connectivity index (χ4v) is 0.717. The Balaban J connectivity index is 0. The van der Waals surface area contributed by atoms with Crippen LogP contribution in [0.2, 0.25) is 0 Å². The fourth-order valence-electron chi connectivity index (χ4n) is 0.717. The Morgan fingerprint density at radius 1 is 1.50 bits per heavy atom. The van der Waals surface area contributed by atoms with Gasteiger partial charge in [-0.2, -0.15) is 0 Å². The molecule has 0 aliphatic carbocycles. The molecule has 0 aromatic heterocycles. The first-order chi connectivity index (χ1) is 9.38. The molecule has 1 heterocycles. The number of carbonyl (C=O) groups is 1. The van der Waals surface area contributed by atoms with Gasteiger partial charge in [0.1, 0.15) is 12.7 Å². The van der Waals surface area contributed by atoms with Crippen LogP contribution in [0.1, 0.15) is 20.8 Å². The molecule has 116 valence electrons. The summed E-state index contributed by atoms with van der Waals surface area (Å²) in [5.41, 5.74) is 1.65. The number of epoxide rings is 1. The highest BCUT2D eigenvalue weighted by molar-refractivity contribution is 6.25. The van der Waals surface area contributed by atoms with Crippen molar-refractivity contribution >= 4 is 17.6 Å². The molecule has 1 rings (SSSR count). The van der Waals surface area contributed by atoms with Gasteiger partial charge in [-0.05, 0) is 18.4 Å². The van der Waals surface area contributed by atoms with Gasteiger partial charge in [0.2, 0.25) is 0 Å². The van der Waals surface area contributed by atoms with E-state index in [-0.39, 0.29) is 12.1 Å². The van der Waals surface area contributed by atoms with Crippen molar-refractivity contribution < 1.29 is 19.0 Å². The Hall–Kier alpha value is -1.26. The number of hydrogen-bond acceptors (Lipinski definition) is 4.